The van der Waals surface area contributed by atoms with Crippen molar-refractivity contribution in [3.05, 3.63) is 71.0 Å². The molecule has 3 aromatic rings. The predicted octanol–water partition coefficient (Wildman–Crippen LogP) is 3.65. The van der Waals surface area contributed by atoms with Crippen LogP contribution in [0.5, 0.6) is 5.75 Å². The highest BCUT2D eigenvalue weighted by atomic mass is 32.1. The second-order valence-corrected chi connectivity index (χ2v) is 4.72. The molecule has 2 aromatic carbocycles. The van der Waals surface area contributed by atoms with E-state index in [2.05, 4.69) is 10.2 Å². The number of para-hydroxylation sites is 2. The van der Waals surface area contributed by atoms with E-state index in [1.807, 2.05) is 30.3 Å². The molecule has 21 heavy (non-hydrogen) atoms. The van der Waals surface area contributed by atoms with Gasteiger partial charge in [0.15, 0.2) is 22.2 Å². The third-order valence-electron chi connectivity index (χ3n) is 2.95. The molecule has 0 aliphatic rings. The Morgan fingerprint density at radius 2 is 1.81 bits per heavy atom. The second kappa shape index (κ2) is 5.88. The number of hydrogen-bond donors (Lipinski definition) is 1. The number of aromatic nitrogens is 3. The Labute approximate surface area is 125 Å². The van der Waals surface area contributed by atoms with Gasteiger partial charge in [0.05, 0.1) is 0 Å². The summed E-state index contributed by atoms with van der Waals surface area (Å²) in [6.07, 6.45) is 0. The van der Waals surface area contributed by atoms with E-state index in [4.69, 9.17) is 17.0 Å². The number of ether oxygens (including phenoxy) is 1. The SMILES string of the molecule is Fc1ccccc1OCc1n[nH]c(=S)n1-c1ccccc1. The van der Waals surface area contributed by atoms with E-state index in [1.54, 1.807) is 22.8 Å². The zero-order valence-electron chi connectivity index (χ0n) is 11.0. The minimum atomic E-state index is -0.405. The van der Waals surface area contributed by atoms with Gasteiger partial charge in [-0.15, -0.1) is 0 Å². The molecule has 0 saturated carbocycles. The molecule has 0 aliphatic heterocycles. The van der Waals surface area contributed by atoms with Crippen molar-refractivity contribution < 1.29 is 9.13 Å². The lowest BCUT2D eigenvalue weighted by atomic mass is 10.3. The monoisotopic (exact) mass is 301 g/mol. The molecule has 0 amide bonds. The van der Waals surface area contributed by atoms with Gasteiger partial charge in [-0.2, -0.15) is 5.10 Å². The molecule has 0 radical (unpaired) electrons. The van der Waals surface area contributed by atoms with E-state index < -0.39 is 5.82 Å². The number of nitrogens with one attached hydrogen (secondary N) is 1. The van der Waals surface area contributed by atoms with Crippen LogP contribution >= 0.6 is 12.2 Å². The van der Waals surface area contributed by atoms with Crippen molar-refractivity contribution in [1.29, 1.82) is 0 Å². The van der Waals surface area contributed by atoms with Gasteiger partial charge in [0.1, 0.15) is 6.61 Å². The lowest BCUT2D eigenvalue weighted by Crippen LogP contribution is -2.06. The Hall–Kier alpha value is -2.47. The van der Waals surface area contributed by atoms with Crippen LogP contribution in [0.2, 0.25) is 0 Å². The molecule has 0 atom stereocenters. The minimum Gasteiger partial charge on any atom is -0.483 e. The average Bonchev–Trinajstić information content (AvgIpc) is 2.88. The van der Waals surface area contributed by atoms with Crippen LogP contribution < -0.4 is 4.74 Å². The van der Waals surface area contributed by atoms with E-state index in [9.17, 15) is 4.39 Å². The maximum absolute atomic E-state index is 13.5. The second-order valence-electron chi connectivity index (χ2n) is 4.34. The van der Waals surface area contributed by atoms with Crippen molar-refractivity contribution in [3.8, 4) is 11.4 Å². The van der Waals surface area contributed by atoms with Gasteiger partial charge < -0.3 is 4.74 Å². The van der Waals surface area contributed by atoms with Gasteiger partial charge in [0.25, 0.3) is 0 Å². The van der Waals surface area contributed by atoms with Crippen LogP contribution in [0.1, 0.15) is 5.82 Å². The fourth-order valence-corrected chi connectivity index (χ4v) is 2.23. The first-order valence-corrected chi connectivity index (χ1v) is 6.75. The van der Waals surface area contributed by atoms with Crippen molar-refractivity contribution in [1.82, 2.24) is 14.8 Å². The lowest BCUT2D eigenvalue weighted by Gasteiger charge is -2.09. The van der Waals surface area contributed by atoms with Crippen molar-refractivity contribution in [2.75, 3.05) is 0 Å². The molecule has 0 unspecified atom stereocenters. The molecule has 6 heteroatoms. The molecule has 0 saturated heterocycles. The van der Waals surface area contributed by atoms with Crippen LogP contribution in [0, 0.1) is 10.6 Å². The normalized spacial score (nSPS) is 10.5. The highest BCUT2D eigenvalue weighted by molar-refractivity contribution is 7.71. The molecule has 1 N–H and O–H groups in total. The van der Waals surface area contributed by atoms with E-state index in [0.717, 1.165) is 5.69 Å². The Morgan fingerprint density at radius 3 is 2.57 bits per heavy atom. The average molecular weight is 301 g/mol. The quantitative estimate of drug-likeness (QED) is 0.748. The first-order chi connectivity index (χ1) is 10.3. The fourth-order valence-electron chi connectivity index (χ4n) is 1.97. The summed E-state index contributed by atoms with van der Waals surface area (Å²) in [5, 5.41) is 6.86. The predicted molar refractivity (Wildman–Crippen MR) is 79.5 cm³/mol. The molecule has 3 rings (SSSR count). The maximum atomic E-state index is 13.5. The molecule has 4 nitrogen and oxygen atoms in total. The minimum absolute atomic E-state index is 0.114. The van der Waals surface area contributed by atoms with Gasteiger partial charge in [-0.3, -0.25) is 9.67 Å². The Balaban J connectivity index is 1.88. The summed E-state index contributed by atoms with van der Waals surface area (Å²) in [4.78, 5) is 0. The zero-order valence-corrected chi connectivity index (χ0v) is 11.8. The van der Waals surface area contributed by atoms with Crippen LogP contribution in [0.4, 0.5) is 4.39 Å². The topological polar surface area (TPSA) is 42.8 Å². The summed E-state index contributed by atoms with van der Waals surface area (Å²) in [5.41, 5.74) is 0.878. The van der Waals surface area contributed by atoms with Gasteiger partial charge in [0, 0.05) is 5.69 Å². The van der Waals surface area contributed by atoms with Crippen molar-refractivity contribution in [3.63, 3.8) is 0 Å². The number of rotatable bonds is 4. The standard InChI is InChI=1S/C15H12FN3OS/c16-12-8-4-5-9-13(12)20-10-14-17-18-15(21)19(14)11-6-2-1-3-7-11/h1-9H,10H2,(H,18,21). The number of hydrogen-bond acceptors (Lipinski definition) is 3. The molecule has 0 aliphatic carbocycles. The van der Waals surface area contributed by atoms with E-state index in [-0.39, 0.29) is 12.4 Å². The third-order valence-corrected chi connectivity index (χ3v) is 3.22. The Bertz CT molecular complexity index is 798. The molecular formula is C15H12FN3OS. The first kappa shape index (κ1) is 13.5. The number of benzene rings is 2. The van der Waals surface area contributed by atoms with E-state index in [1.165, 1.54) is 6.07 Å². The van der Waals surface area contributed by atoms with Gasteiger partial charge >= 0.3 is 0 Å². The van der Waals surface area contributed by atoms with Crippen molar-refractivity contribution >= 4 is 12.2 Å². The molecule has 0 bridgehead atoms. The molecular weight excluding hydrogens is 289 g/mol. The summed E-state index contributed by atoms with van der Waals surface area (Å²) < 4.78 is 21.2. The van der Waals surface area contributed by atoms with Crippen LogP contribution in [0.15, 0.2) is 54.6 Å². The number of halogens is 1. The van der Waals surface area contributed by atoms with Gasteiger partial charge in [-0.1, -0.05) is 30.3 Å². The number of aromatic amines is 1. The van der Waals surface area contributed by atoms with Crippen LogP contribution in [-0.2, 0) is 6.61 Å². The summed E-state index contributed by atoms with van der Waals surface area (Å²) in [6, 6.07) is 15.8. The number of H-pyrrole nitrogens is 1. The summed E-state index contributed by atoms with van der Waals surface area (Å²) in [6.45, 7) is 0.114. The molecule has 106 valence electrons. The summed E-state index contributed by atoms with van der Waals surface area (Å²) in [7, 11) is 0. The molecule has 0 spiro atoms. The highest BCUT2D eigenvalue weighted by Crippen LogP contribution is 2.18. The Morgan fingerprint density at radius 1 is 1.10 bits per heavy atom. The fraction of sp³-hybridized carbons (Fsp3) is 0.0667. The molecule has 0 fully saturated rings. The zero-order chi connectivity index (χ0) is 14.7. The van der Waals surface area contributed by atoms with Gasteiger partial charge in [-0.25, -0.2) is 4.39 Å². The van der Waals surface area contributed by atoms with Crippen LogP contribution in [-0.4, -0.2) is 14.8 Å². The summed E-state index contributed by atoms with van der Waals surface area (Å²) >= 11 is 5.23. The largest absolute Gasteiger partial charge is 0.483 e. The van der Waals surface area contributed by atoms with Crippen molar-refractivity contribution in [2.45, 2.75) is 6.61 Å². The Kier molecular flexibility index (Phi) is 3.79. The van der Waals surface area contributed by atoms with Crippen LogP contribution in [0.3, 0.4) is 0 Å². The van der Waals surface area contributed by atoms with Crippen LogP contribution in [0.25, 0.3) is 5.69 Å². The lowest BCUT2D eigenvalue weighted by molar-refractivity contribution is 0.279. The number of nitrogens with zero attached hydrogens (tertiary/aromatic N) is 2. The molecule has 1 aromatic heterocycles. The third kappa shape index (κ3) is 2.85. The van der Waals surface area contributed by atoms with E-state index in [0.29, 0.717) is 10.6 Å². The maximum Gasteiger partial charge on any atom is 0.199 e. The van der Waals surface area contributed by atoms with E-state index >= 15 is 0 Å². The summed E-state index contributed by atoms with van der Waals surface area (Å²) in [5.74, 6) is 0.360. The van der Waals surface area contributed by atoms with Crippen molar-refractivity contribution in [2.24, 2.45) is 0 Å². The van der Waals surface area contributed by atoms with Gasteiger partial charge in [-0.05, 0) is 36.5 Å². The molecule has 1 heterocycles. The first-order valence-electron chi connectivity index (χ1n) is 6.35. The smallest absolute Gasteiger partial charge is 0.199 e. The van der Waals surface area contributed by atoms with Gasteiger partial charge in [0.2, 0.25) is 0 Å². The highest BCUT2D eigenvalue weighted by Gasteiger charge is 2.10.